The highest BCUT2D eigenvalue weighted by atomic mass is 79.9. The van der Waals surface area contributed by atoms with Crippen LogP contribution in [0.2, 0.25) is 0 Å². The number of hydrogen-bond donors (Lipinski definition) is 3. The summed E-state index contributed by atoms with van der Waals surface area (Å²) in [5.41, 5.74) is 4.26. The van der Waals surface area contributed by atoms with Gasteiger partial charge in [0.15, 0.2) is 0 Å². The van der Waals surface area contributed by atoms with Gasteiger partial charge in [-0.15, -0.1) is 0 Å². The van der Waals surface area contributed by atoms with Crippen LogP contribution in [0, 0.1) is 11.6 Å². The molecule has 0 unspecified atom stereocenters. The summed E-state index contributed by atoms with van der Waals surface area (Å²) in [7, 11) is 0. The van der Waals surface area contributed by atoms with E-state index in [1.165, 1.54) is 28.8 Å². The molecule has 0 spiro atoms. The minimum atomic E-state index is -0.922. The summed E-state index contributed by atoms with van der Waals surface area (Å²) in [5.74, 6) is -1.66. The maximum absolute atomic E-state index is 13.6. The number of carbonyl (C=O) groups is 1. The number of alkyl halides is 1. The number of benzene rings is 2. The number of nitrogens with one attached hydrogen (secondary N) is 2. The molecule has 0 bridgehead atoms. The Morgan fingerprint density at radius 3 is 2.61 bits per heavy atom. The van der Waals surface area contributed by atoms with Gasteiger partial charge in [-0.05, 0) is 66.5 Å². The number of halogens is 3. The van der Waals surface area contributed by atoms with E-state index in [4.69, 9.17) is 0 Å². The van der Waals surface area contributed by atoms with Gasteiger partial charge in [0.25, 0.3) is 0 Å². The average Bonchev–Trinajstić information content (AvgIpc) is 2.75. The zero-order chi connectivity index (χ0) is 22.4. The van der Waals surface area contributed by atoms with Gasteiger partial charge in [-0.25, -0.2) is 8.78 Å². The summed E-state index contributed by atoms with van der Waals surface area (Å²) in [6, 6.07) is 9.29. The first-order chi connectivity index (χ1) is 14.9. The zero-order valence-electron chi connectivity index (χ0n) is 17.6. The molecular weight excluding hydrogens is 466 g/mol. The molecule has 3 rings (SSSR count). The lowest BCUT2D eigenvalue weighted by Gasteiger charge is -2.30. The minimum absolute atomic E-state index is 0.0803. The first kappa shape index (κ1) is 23.8. The van der Waals surface area contributed by atoms with Crippen molar-refractivity contribution in [2.24, 2.45) is 0 Å². The molecule has 2 aromatic carbocycles. The van der Waals surface area contributed by atoms with E-state index in [2.05, 4.69) is 51.7 Å². The SMILES string of the molecule is CCc1ccc2c(c1)[C@@H](NC[C@@H](O)[C@H](Cc1cc(F)cc(F)c1)NC(=O)CBr)CCC2. The van der Waals surface area contributed by atoms with Crippen molar-refractivity contribution in [1.29, 1.82) is 0 Å². The molecule has 0 aliphatic heterocycles. The highest BCUT2D eigenvalue weighted by molar-refractivity contribution is 9.09. The smallest absolute Gasteiger partial charge is 0.230 e. The molecule has 1 amide bonds. The van der Waals surface area contributed by atoms with Gasteiger partial charge in [-0.1, -0.05) is 41.1 Å². The highest BCUT2D eigenvalue weighted by Gasteiger charge is 2.25. The number of aliphatic hydroxyl groups excluding tert-OH is 1. The average molecular weight is 495 g/mol. The Morgan fingerprint density at radius 1 is 1.19 bits per heavy atom. The Morgan fingerprint density at radius 2 is 1.94 bits per heavy atom. The second-order valence-electron chi connectivity index (χ2n) is 8.10. The normalized spacial score (nSPS) is 17.6. The zero-order valence-corrected chi connectivity index (χ0v) is 19.2. The van der Waals surface area contributed by atoms with Gasteiger partial charge in [-0.3, -0.25) is 4.79 Å². The van der Waals surface area contributed by atoms with E-state index in [-0.39, 0.29) is 30.2 Å². The van der Waals surface area contributed by atoms with Gasteiger partial charge in [-0.2, -0.15) is 0 Å². The third kappa shape index (κ3) is 6.57. The van der Waals surface area contributed by atoms with Crippen LogP contribution in [0.4, 0.5) is 8.78 Å². The second-order valence-corrected chi connectivity index (χ2v) is 8.66. The standard InChI is InChI=1S/C24H29BrF2N2O2/c1-2-15-6-7-17-4-3-5-21(20(17)10-15)28-14-23(30)22(29-24(31)13-25)11-16-8-18(26)12-19(27)9-16/h6-10,12,21-23,28,30H,2-5,11,13-14H2,1H3,(H,29,31)/t21-,22-,23+/m0/s1. The lowest BCUT2D eigenvalue weighted by atomic mass is 9.86. The van der Waals surface area contributed by atoms with Crippen LogP contribution in [0.1, 0.15) is 48.1 Å². The van der Waals surface area contributed by atoms with Crippen LogP contribution in [0.3, 0.4) is 0 Å². The van der Waals surface area contributed by atoms with Crippen molar-refractivity contribution in [2.75, 3.05) is 11.9 Å². The Balaban J connectivity index is 1.70. The molecule has 7 heteroatoms. The minimum Gasteiger partial charge on any atom is -0.390 e. The monoisotopic (exact) mass is 494 g/mol. The van der Waals surface area contributed by atoms with Crippen LogP contribution in [0.15, 0.2) is 36.4 Å². The molecule has 4 nitrogen and oxygen atoms in total. The number of fused-ring (bicyclic) bond motifs is 1. The van der Waals surface area contributed by atoms with Gasteiger partial charge in [0, 0.05) is 18.7 Å². The first-order valence-electron chi connectivity index (χ1n) is 10.7. The Kier molecular flexibility index (Phi) is 8.58. The Bertz CT molecular complexity index is 889. The number of rotatable bonds is 9. The van der Waals surface area contributed by atoms with E-state index in [1.54, 1.807) is 0 Å². The van der Waals surface area contributed by atoms with Crippen LogP contribution in [0.5, 0.6) is 0 Å². The van der Waals surface area contributed by atoms with Crippen LogP contribution < -0.4 is 10.6 Å². The van der Waals surface area contributed by atoms with E-state index < -0.39 is 23.8 Å². The van der Waals surface area contributed by atoms with E-state index in [0.717, 1.165) is 31.7 Å². The topological polar surface area (TPSA) is 61.4 Å². The van der Waals surface area contributed by atoms with E-state index >= 15 is 0 Å². The number of hydrogen-bond acceptors (Lipinski definition) is 3. The predicted molar refractivity (Wildman–Crippen MR) is 121 cm³/mol. The maximum atomic E-state index is 13.6. The number of carbonyl (C=O) groups excluding carboxylic acids is 1. The number of aryl methyl sites for hydroxylation is 2. The van der Waals surface area contributed by atoms with Crippen LogP contribution in [-0.2, 0) is 24.1 Å². The fourth-order valence-corrected chi connectivity index (χ4v) is 4.36. The van der Waals surface area contributed by atoms with Crippen molar-refractivity contribution in [3.63, 3.8) is 0 Å². The molecule has 0 heterocycles. The summed E-state index contributed by atoms with van der Waals surface area (Å²) in [4.78, 5) is 12.0. The van der Waals surface area contributed by atoms with Crippen molar-refractivity contribution in [3.8, 4) is 0 Å². The molecule has 0 fully saturated rings. The van der Waals surface area contributed by atoms with Crippen molar-refractivity contribution in [3.05, 3.63) is 70.3 Å². The fraction of sp³-hybridized carbons (Fsp3) is 0.458. The molecule has 168 valence electrons. The quantitative estimate of drug-likeness (QED) is 0.462. The second kappa shape index (κ2) is 11.2. The van der Waals surface area contributed by atoms with Gasteiger partial charge in [0.2, 0.25) is 5.91 Å². The molecule has 1 aliphatic rings. The summed E-state index contributed by atoms with van der Waals surface area (Å²) in [5, 5.41) is 17.1. The predicted octanol–water partition coefficient (Wildman–Crippen LogP) is 3.98. The number of amides is 1. The summed E-state index contributed by atoms with van der Waals surface area (Å²) in [6.45, 7) is 2.38. The van der Waals surface area contributed by atoms with Crippen LogP contribution in [-0.4, -0.2) is 35.0 Å². The summed E-state index contributed by atoms with van der Waals surface area (Å²) < 4.78 is 27.2. The molecule has 0 saturated heterocycles. The van der Waals surface area contributed by atoms with E-state index in [9.17, 15) is 18.7 Å². The van der Waals surface area contributed by atoms with Crippen LogP contribution in [0.25, 0.3) is 0 Å². The highest BCUT2D eigenvalue weighted by Crippen LogP contribution is 2.30. The largest absolute Gasteiger partial charge is 0.390 e. The molecule has 0 aromatic heterocycles. The summed E-state index contributed by atoms with van der Waals surface area (Å²) in [6.07, 6.45) is 3.26. The molecule has 3 N–H and O–H groups in total. The number of aliphatic hydroxyl groups is 1. The van der Waals surface area contributed by atoms with Crippen molar-refractivity contribution in [1.82, 2.24) is 10.6 Å². The van der Waals surface area contributed by atoms with Crippen LogP contribution >= 0.6 is 15.9 Å². The lowest BCUT2D eigenvalue weighted by molar-refractivity contribution is -0.120. The Hall–Kier alpha value is -1.83. The molecule has 0 radical (unpaired) electrons. The van der Waals surface area contributed by atoms with Gasteiger partial charge >= 0.3 is 0 Å². The van der Waals surface area contributed by atoms with Crippen molar-refractivity contribution >= 4 is 21.8 Å². The van der Waals surface area contributed by atoms with Gasteiger partial charge in [0.1, 0.15) is 11.6 Å². The molecule has 2 aromatic rings. The molecule has 31 heavy (non-hydrogen) atoms. The van der Waals surface area contributed by atoms with Crippen molar-refractivity contribution < 1.29 is 18.7 Å². The van der Waals surface area contributed by atoms with E-state index in [0.29, 0.717) is 5.56 Å². The summed E-state index contributed by atoms with van der Waals surface area (Å²) >= 11 is 3.10. The third-order valence-electron chi connectivity index (χ3n) is 5.82. The lowest BCUT2D eigenvalue weighted by Crippen LogP contribution is -2.49. The third-order valence-corrected chi connectivity index (χ3v) is 6.33. The first-order valence-corrected chi connectivity index (χ1v) is 11.8. The van der Waals surface area contributed by atoms with E-state index in [1.807, 2.05) is 0 Å². The molecular formula is C24H29BrF2N2O2. The maximum Gasteiger partial charge on any atom is 0.230 e. The Labute approximate surface area is 190 Å². The molecule has 3 atom stereocenters. The molecule has 1 aliphatic carbocycles. The molecule has 0 saturated carbocycles. The van der Waals surface area contributed by atoms with Gasteiger partial charge < -0.3 is 15.7 Å². The van der Waals surface area contributed by atoms with Crippen molar-refractivity contribution in [2.45, 2.75) is 57.2 Å². The fourth-order valence-electron chi connectivity index (χ4n) is 4.20. The van der Waals surface area contributed by atoms with Gasteiger partial charge in [0.05, 0.1) is 17.5 Å².